The first-order valence-electron chi connectivity index (χ1n) is 7.45. The Morgan fingerprint density at radius 3 is 2.30 bits per heavy atom. The van der Waals surface area contributed by atoms with Crippen molar-refractivity contribution in [1.29, 1.82) is 0 Å². The van der Waals surface area contributed by atoms with Crippen LogP contribution < -0.4 is 10.1 Å². The van der Waals surface area contributed by atoms with E-state index in [-0.39, 0.29) is 5.91 Å². The molecule has 1 unspecified atom stereocenters. The number of aryl methyl sites for hydroxylation is 4. The first-order valence-corrected chi connectivity index (χ1v) is 7.83. The lowest BCUT2D eigenvalue weighted by atomic mass is 10.1. The maximum Gasteiger partial charge on any atom is 0.265 e. The number of rotatable bonds is 4. The monoisotopic (exact) mass is 335 g/mol. The van der Waals surface area contributed by atoms with Crippen LogP contribution in [0.4, 0.5) is 5.69 Å². The van der Waals surface area contributed by atoms with Gasteiger partial charge in [-0.3, -0.25) is 9.48 Å². The molecule has 0 bridgehead atoms. The average Bonchev–Trinajstić information content (AvgIpc) is 2.71. The summed E-state index contributed by atoms with van der Waals surface area (Å²) in [6.45, 7) is 9.31. The summed E-state index contributed by atoms with van der Waals surface area (Å²) in [5.41, 5.74) is 4.27. The molecule has 2 aromatic rings. The van der Waals surface area contributed by atoms with Crippen molar-refractivity contribution in [2.75, 3.05) is 5.32 Å². The van der Waals surface area contributed by atoms with Gasteiger partial charge in [0, 0.05) is 12.1 Å². The standard InChI is InChI=1S/C17H22ClN3O2/c1-9-7-14(8-10(2)15(9)18)23-13(5)17(22)19-16-11(3)20-21(6)12(16)4/h7-8,13H,1-6H3,(H,19,22). The number of hydrogen-bond donors (Lipinski definition) is 1. The topological polar surface area (TPSA) is 56.1 Å². The smallest absolute Gasteiger partial charge is 0.265 e. The summed E-state index contributed by atoms with van der Waals surface area (Å²) in [5, 5.41) is 7.89. The summed E-state index contributed by atoms with van der Waals surface area (Å²) in [4.78, 5) is 12.4. The lowest BCUT2D eigenvalue weighted by Crippen LogP contribution is -2.30. The number of aromatic nitrogens is 2. The first-order chi connectivity index (χ1) is 10.7. The second-order valence-corrected chi connectivity index (χ2v) is 6.17. The first kappa shape index (κ1) is 17.3. The molecule has 23 heavy (non-hydrogen) atoms. The molecule has 2 rings (SSSR count). The molecular formula is C17H22ClN3O2. The quantitative estimate of drug-likeness (QED) is 0.926. The molecule has 1 N–H and O–H groups in total. The second-order valence-electron chi connectivity index (χ2n) is 5.79. The summed E-state index contributed by atoms with van der Waals surface area (Å²) < 4.78 is 7.49. The number of hydrogen-bond acceptors (Lipinski definition) is 3. The highest BCUT2D eigenvalue weighted by molar-refractivity contribution is 6.32. The lowest BCUT2D eigenvalue weighted by molar-refractivity contribution is -0.122. The van der Waals surface area contributed by atoms with Gasteiger partial charge in [0.05, 0.1) is 17.1 Å². The number of benzene rings is 1. The number of carbonyl (C=O) groups excluding carboxylic acids is 1. The Bertz CT molecular complexity index is 730. The normalized spacial score (nSPS) is 12.1. The second kappa shape index (κ2) is 6.62. The molecule has 1 aromatic carbocycles. The van der Waals surface area contributed by atoms with Crippen LogP contribution in [0.25, 0.3) is 0 Å². The molecule has 0 aliphatic rings. The minimum absolute atomic E-state index is 0.213. The molecular weight excluding hydrogens is 314 g/mol. The number of carbonyl (C=O) groups is 1. The van der Waals surface area contributed by atoms with Crippen molar-refractivity contribution in [3.63, 3.8) is 0 Å². The van der Waals surface area contributed by atoms with E-state index in [4.69, 9.17) is 16.3 Å². The minimum atomic E-state index is -0.631. The van der Waals surface area contributed by atoms with Crippen LogP contribution in [0.15, 0.2) is 12.1 Å². The molecule has 1 aromatic heterocycles. The van der Waals surface area contributed by atoms with Crippen LogP contribution in [0.1, 0.15) is 29.4 Å². The molecule has 0 saturated carbocycles. The van der Waals surface area contributed by atoms with E-state index in [9.17, 15) is 4.79 Å². The maximum absolute atomic E-state index is 12.4. The molecule has 1 atom stereocenters. The van der Waals surface area contributed by atoms with E-state index in [1.807, 2.05) is 46.9 Å². The van der Waals surface area contributed by atoms with Crippen molar-refractivity contribution >= 4 is 23.2 Å². The lowest BCUT2D eigenvalue weighted by Gasteiger charge is -2.16. The third-order valence-electron chi connectivity index (χ3n) is 3.85. The van der Waals surface area contributed by atoms with Gasteiger partial charge in [-0.15, -0.1) is 0 Å². The number of nitrogens with one attached hydrogen (secondary N) is 1. The van der Waals surface area contributed by atoms with Gasteiger partial charge in [-0.05, 0) is 57.9 Å². The molecule has 0 aliphatic carbocycles. The largest absolute Gasteiger partial charge is 0.481 e. The Morgan fingerprint density at radius 1 is 1.26 bits per heavy atom. The number of ether oxygens (including phenoxy) is 1. The molecule has 0 saturated heterocycles. The highest BCUT2D eigenvalue weighted by Gasteiger charge is 2.19. The predicted octanol–water partition coefficient (Wildman–Crippen LogP) is 3.71. The number of amides is 1. The van der Waals surface area contributed by atoms with Gasteiger partial charge in [0.1, 0.15) is 5.75 Å². The van der Waals surface area contributed by atoms with Gasteiger partial charge in [0.15, 0.2) is 6.10 Å². The molecule has 1 heterocycles. The third-order valence-corrected chi connectivity index (χ3v) is 4.45. The van der Waals surface area contributed by atoms with E-state index in [0.29, 0.717) is 5.75 Å². The van der Waals surface area contributed by atoms with E-state index in [0.717, 1.165) is 33.2 Å². The van der Waals surface area contributed by atoms with Gasteiger partial charge in [0.25, 0.3) is 5.91 Å². The summed E-state index contributed by atoms with van der Waals surface area (Å²) in [5.74, 6) is 0.418. The molecule has 6 heteroatoms. The summed E-state index contributed by atoms with van der Waals surface area (Å²) in [6.07, 6.45) is -0.631. The van der Waals surface area contributed by atoms with Gasteiger partial charge >= 0.3 is 0 Å². The SMILES string of the molecule is Cc1cc(OC(C)C(=O)Nc2c(C)nn(C)c2C)cc(C)c1Cl. The summed E-state index contributed by atoms with van der Waals surface area (Å²) >= 11 is 6.15. The Labute approximate surface area is 141 Å². The number of anilines is 1. The zero-order valence-corrected chi connectivity index (χ0v) is 15.1. The van der Waals surface area contributed by atoms with Crippen molar-refractivity contribution < 1.29 is 9.53 Å². The van der Waals surface area contributed by atoms with Gasteiger partial charge in [-0.2, -0.15) is 5.10 Å². The highest BCUT2D eigenvalue weighted by atomic mass is 35.5. The van der Waals surface area contributed by atoms with Crippen LogP contribution in [0.3, 0.4) is 0 Å². The van der Waals surface area contributed by atoms with Crippen LogP contribution in [0.5, 0.6) is 5.75 Å². The fraction of sp³-hybridized carbons (Fsp3) is 0.412. The van der Waals surface area contributed by atoms with Crippen molar-refractivity contribution in [3.8, 4) is 5.75 Å². The van der Waals surface area contributed by atoms with Crippen LogP contribution >= 0.6 is 11.6 Å². The van der Waals surface area contributed by atoms with Gasteiger partial charge in [-0.1, -0.05) is 11.6 Å². The van der Waals surface area contributed by atoms with Crippen molar-refractivity contribution in [2.24, 2.45) is 7.05 Å². The van der Waals surface area contributed by atoms with Crippen LogP contribution in [-0.2, 0) is 11.8 Å². The van der Waals surface area contributed by atoms with Crippen molar-refractivity contribution in [2.45, 2.75) is 40.7 Å². The summed E-state index contributed by atoms with van der Waals surface area (Å²) in [6, 6.07) is 3.67. The zero-order chi connectivity index (χ0) is 17.3. The fourth-order valence-corrected chi connectivity index (χ4v) is 2.52. The molecule has 1 amide bonds. The Balaban J connectivity index is 2.11. The highest BCUT2D eigenvalue weighted by Crippen LogP contribution is 2.26. The van der Waals surface area contributed by atoms with E-state index in [2.05, 4.69) is 10.4 Å². The van der Waals surface area contributed by atoms with Crippen molar-refractivity contribution in [3.05, 3.63) is 39.7 Å². The average molecular weight is 336 g/mol. The Kier molecular flexibility index (Phi) is 5.00. The van der Waals surface area contributed by atoms with E-state index >= 15 is 0 Å². The van der Waals surface area contributed by atoms with Crippen LogP contribution in [0.2, 0.25) is 5.02 Å². The number of nitrogens with zero attached hydrogens (tertiary/aromatic N) is 2. The third kappa shape index (κ3) is 3.67. The van der Waals surface area contributed by atoms with Crippen LogP contribution in [-0.4, -0.2) is 21.8 Å². The predicted molar refractivity (Wildman–Crippen MR) is 92.3 cm³/mol. The zero-order valence-electron chi connectivity index (χ0n) is 14.3. The summed E-state index contributed by atoms with van der Waals surface area (Å²) in [7, 11) is 1.84. The molecule has 124 valence electrons. The maximum atomic E-state index is 12.4. The van der Waals surface area contributed by atoms with E-state index in [1.165, 1.54) is 0 Å². The van der Waals surface area contributed by atoms with Crippen molar-refractivity contribution in [1.82, 2.24) is 9.78 Å². The molecule has 0 spiro atoms. The molecule has 5 nitrogen and oxygen atoms in total. The Morgan fingerprint density at radius 2 is 1.83 bits per heavy atom. The number of halogens is 1. The van der Waals surface area contributed by atoms with Gasteiger partial charge in [-0.25, -0.2) is 0 Å². The molecule has 0 aliphatic heterocycles. The van der Waals surface area contributed by atoms with E-state index < -0.39 is 6.10 Å². The Hall–Kier alpha value is -2.01. The fourth-order valence-electron chi connectivity index (χ4n) is 2.41. The van der Waals surface area contributed by atoms with E-state index in [1.54, 1.807) is 11.6 Å². The van der Waals surface area contributed by atoms with Gasteiger partial charge in [0.2, 0.25) is 0 Å². The molecule has 0 fully saturated rings. The minimum Gasteiger partial charge on any atom is -0.481 e. The van der Waals surface area contributed by atoms with Gasteiger partial charge < -0.3 is 10.1 Å². The molecule has 0 radical (unpaired) electrons. The van der Waals surface area contributed by atoms with Crippen LogP contribution in [0, 0.1) is 27.7 Å².